The van der Waals surface area contributed by atoms with E-state index in [-0.39, 0.29) is 41.0 Å². The van der Waals surface area contributed by atoms with Gasteiger partial charge in [0.15, 0.2) is 11.6 Å². The Morgan fingerprint density at radius 1 is 1.21 bits per heavy atom. The largest absolute Gasteiger partial charge is 0.494 e. The highest BCUT2D eigenvalue weighted by Gasteiger charge is 2.44. The van der Waals surface area contributed by atoms with Crippen LogP contribution in [0.1, 0.15) is 30.4 Å². The molecule has 2 aromatic carbocycles. The van der Waals surface area contributed by atoms with Gasteiger partial charge in [-0.25, -0.2) is 13.2 Å². The van der Waals surface area contributed by atoms with E-state index in [1.54, 1.807) is 6.07 Å². The van der Waals surface area contributed by atoms with Crippen molar-refractivity contribution in [2.75, 3.05) is 25.6 Å². The summed E-state index contributed by atoms with van der Waals surface area (Å²) in [6.07, 6.45) is 0.983. The molecule has 1 aliphatic carbocycles. The Kier molecular flexibility index (Phi) is 6.76. The predicted octanol–water partition coefficient (Wildman–Crippen LogP) is 4.40. The van der Waals surface area contributed by atoms with E-state index in [1.807, 2.05) is 0 Å². The molecule has 1 unspecified atom stereocenters. The molecule has 0 radical (unpaired) electrons. The average Bonchev–Trinajstić information content (AvgIpc) is 3.45. The molecule has 29 heavy (non-hydrogen) atoms. The van der Waals surface area contributed by atoms with Crippen LogP contribution in [0.2, 0.25) is 0 Å². The highest BCUT2D eigenvalue weighted by molar-refractivity contribution is 9.10. The van der Waals surface area contributed by atoms with Gasteiger partial charge in [-0.1, -0.05) is 22.0 Å². The quantitative estimate of drug-likeness (QED) is 0.505. The maximum Gasteiger partial charge on any atom is 0.170 e. The first kappa shape index (κ1) is 21.9. The summed E-state index contributed by atoms with van der Waals surface area (Å²) < 4.78 is 49.5. The number of anilines is 1. The van der Waals surface area contributed by atoms with E-state index in [2.05, 4.69) is 21.2 Å². The third-order valence-electron chi connectivity index (χ3n) is 5.36. The lowest BCUT2D eigenvalue weighted by Gasteiger charge is -2.22. The molecule has 0 saturated heterocycles. The van der Waals surface area contributed by atoms with E-state index >= 15 is 0 Å². The summed E-state index contributed by atoms with van der Waals surface area (Å²) in [6, 6.07) is 5.38. The van der Waals surface area contributed by atoms with Crippen molar-refractivity contribution in [2.45, 2.75) is 31.8 Å². The van der Waals surface area contributed by atoms with Crippen molar-refractivity contribution in [2.24, 2.45) is 5.41 Å². The van der Waals surface area contributed by atoms with E-state index in [0.29, 0.717) is 17.4 Å². The molecule has 0 bridgehead atoms. The van der Waals surface area contributed by atoms with Crippen LogP contribution in [0.15, 0.2) is 28.7 Å². The summed E-state index contributed by atoms with van der Waals surface area (Å²) in [7, 11) is 1.24. The lowest BCUT2D eigenvalue weighted by Crippen LogP contribution is -2.24. The minimum atomic E-state index is -0.854. The van der Waals surface area contributed by atoms with Gasteiger partial charge in [-0.3, -0.25) is 0 Å². The number of nitrogens with one attached hydrogen (secondary N) is 1. The number of aliphatic hydroxyl groups is 2. The summed E-state index contributed by atoms with van der Waals surface area (Å²) in [6.45, 7) is -0.0378. The van der Waals surface area contributed by atoms with E-state index < -0.39 is 23.6 Å². The monoisotopic (exact) mass is 473 g/mol. The Bertz CT molecular complexity index is 890. The molecule has 3 rings (SSSR count). The minimum Gasteiger partial charge on any atom is -0.494 e. The number of hydrogen-bond acceptors (Lipinski definition) is 4. The van der Waals surface area contributed by atoms with Gasteiger partial charge >= 0.3 is 0 Å². The Morgan fingerprint density at radius 3 is 2.52 bits per heavy atom. The van der Waals surface area contributed by atoms with Crippen LogP contribution in [-0.4, -0.2) is 36.6 Å². The molecule has 0 aliphatic heterocycles. The molecule has 0 amide bonds. The summed E-state index contributed by atoms with van der Waals surface area (Å²) in [5.74, 6) is -2.23. The van der Waals surface area contributed by atoms with E-state index in [9.17, 15) is 18.3 Å². The summed E-state index contributed by atoms with van der Waals surface area (Å²) >= 11 is 3.18. The van der Waals surface area contributed by atoms with E-state index in [1.165, 1.54) is 19.2 Å². The van der Waals surface area contributed by atoms with Gasteiger partial charge in [0, 0.05) is 29.1 Å². The first-order chi connectivity index (χ1) is 13.8. The minimum absolute atomic E-state index is 0.0263. The van der Waals surface area contributed by atoms with Crippen LogP contribution in [0.25, 0.3) is 0 Å². The number of benzene rings is 2. The van der Waals surface area contributed by atoms with Gasteiger partial charge in [0.2, 0.25) is 0 Å². The number of aliphatic hydroxyl groups excluding tert-OH is 2. The number of hydrogen-bond donors (Lipinski definition) is 3. The van der Waals surface area contributed by atoms with Crippen LogP contribution >= 0.6 is 15.9 Å². The normalized spacial score (nSPS) is 15.8. The average molecular weight is 474 g/mol. The second-order valence-electron chi connectivity index (χ2n) is 7.53. The van der Waals surface area contributed by atoms with Crippen molar-refractivity contribution in [3.8, 4) is 5.75 Å². The molecule has 4 nitrogen and oxygen atoms in total. The Morgan fingerprint density at radius 2 is 1.93 bits per heavy atom. The number of rotatable bonds is 9. The van der Waals surface area contributed by atoms with Crippen molar-refractivity contribution in [1.29, 1.82) is 0 Å². The SMILES string of the molecule is COc1cc(F)c(NCC2(CC(O)CO)CC2)c(Cc2ccc(Br)cc2F)c1F. The van der Waals surface area contributed by atoms with Crippen LogP contribution < -0.4 is 10.1 Å². The molecule has 1 fully saturated rings. The van der Waals surface area contributed by atoms with Gasteiger partial charge in [0.1, 0.15) is 11.6 Å². The van der Waals surface area contributed by atoms with Crippen molar-refractivity contribution in [1.82, 2.24) is 0 Å². The molecule has 158 valence electrons. The Labute approximate surface area is 175 Å². The fourth-order valence-corrected chi connectivity index (χ4v) is 3.82. The smallest absolute Gasteiger partial charge is 0.170 e. The van der Waals surface area contributed by atoms with Crippen LogP contribution in [0.4, 0.5) is 18.9 Å². The van der Waals surface area contributed by atoms with Gasteiger partial charge in [-0.15, -0.1) is 0 Å². The Hall–Kier alpha value is -1.77. The van der Waals surface area contributed by atoms with Gasteiger partial charge in [0.05, 0.1) is 25.5 Å². The number of ether oxygens (including phenoxy) is 1. The van der Waals surface area contributed by atoms with Crippen molar-refractivity contribution in [3.05, 3.63) is 57.3 Å². The first-order valence-electron chi connectivity index (χ1n) is 9.30. The van der Waals surface area contributed by atoms with Crippen molar-refractivity contribution >= 4 is 21.6 Å². The molecule has 0 aromatic heterocycles. The molecule has 1 aliphatic rings. The molecular weight excluding hydrogens is 451 g/mol. The van der Waals surface area contributed by atoms with Crippen LogP contribution in [0.5, 0.6) is 5.75 Å². The first-order valence-corrected chi connectivity index (χ1v) is 10.1. The zero-order valence-corrected chi connectivity index (χ0v) is 17.5. The lowest BCUT2D eigenvalue weighted by atomic mass is 9.97. The number of methoxy groups -OCH3 is 1. The third-order valence-corrected chi connectivity index (χ3v) is 5.85. The molecule has 8 heteroatoms. The topological polar surface area (TPSA) is 61.7 Å². The van der Waals surface area contributed by atoms with Gasteiger partial charge in [-0.2, -0.15) is 0 Å². The number of halogens is 4. The fourth-order valence-electron chi connectivity index (χ4n) is 3.48. The van der Waals surface area contributed by atoms with Gasteiger partial charge < -0.3 is 20.3 Å². The highest BCUT2D eigenvalue weighted by atomic mass is 79.9. The van der Waals surface area contributed by atoms with E-state index in [4.69, 9.17) is 9.84 Å². The van der Waals surface area contributed by atoms with Crippen LogP contribution in [-0.2, 0) is 6.42 Å². The van der Waals surface area contributed by atoms with Gasteiger partial charge in [0.25, 0.3) is 0 Å². The van der Waals surface area contributed by atoms with Gasteiger partial charge in [-0.05, 0) is 42.4 Å². The third kappa shape index (κ3) is 5.05. The molecule has 2 aromatic rings. The predicted molar refractivity (Wildman–Crippen MR) is 108 cm³/mol. The zero-order valence-electron chi connectivity index (χ0n) is 15.9. The molecule has 3 N–H and O–H groups in total. The van der Waals surface area contributed by atoms with Crippen molar-refractivity contribution < 1.29 is 28.1 Å². The molecule has 1 atom stereocenters. The van der Waals surface area contributed by atoms with Crippen LogP contribution in [0.3, 0.4) is 0 Å². The fraction of sp³-hybridized carbons (Fsp3) is 0.429. The molecule has 0 heterocycles. The second-order valence-corrected chi connectivity index (χ2v) is 8.45. The summed E-state index contributed by atoms with van der Waals surface area (Å²) in [5.41, 5.74) is -0.123. The van der Waals surface area contributed by atoms with Crippen molar-refractivity contribution in [3.63, 3.8) is 0 Å². The zero-order chi connectivity index (χ0) is 21.2. The summed E-state index contributed by atoms with van der Waals surface area (Å²) in [5, 5.41) is 21.8. The molecule has 1 saturated carbocycles. The lowest BCUT2D eigenvalue weighted by molar-refractivity contribution is 0.0718. The highest BCUT2D eigenvalue weighted by Crippen LogP contribution is 2.50. The molecular formula is C21H23BrF3NO3. The van der Waals surface area contributed by atoms with Crippen LogP contribution in [0, 0.1) is 22.9 Å². The summed E-state index contributed by atoms with van der Waals surface area (Å²) in [4.78, 5) is 0. The maximum atomic E-state index is 15.0. The maximum absolute atomic E-state index is 15.0. The molecule has 0 spiro atoms. The Balaban J connectivity index is 1.91. The van der Waals surface area contributed by atoms with E-state index in [0.717, 1.165) is 18.9 Å². The second kappa shape index (κ2) is 8.93. The standard InChI is InChI=1S/C21H23BrF3NO3/c1-29-18-8-17(24)20(26-11-21(4-5-21)9-14(28)10-27)15(19(18)25)6-12-2-3-13(22)7-16(12)23/h2-3,7-8,14,26-28H,4-6,9-11H2,1H3.